The van der Waals surface area contributed by atoms with Gasteiger partial charge in [-0.05, 0) is 54.1 Å². The quantitative estimate of drug-likeness (QED) is 0.508. The Morgan fingerprint density at radius 1 is 1.09 bits per heavy atom. The van der Waals surface area contributed by atoms with Crippen LogP contribution in [0.5, 0.6) is 5.75 Å². The summed E-state index contributed by atoms with van der Waals surface area (Å²) in [5.74, 6) is 1.12. The van der Waals surface area contributed by atoms with Crippen LogP contribution >= 0.6 is 0 Å². The van der Waals surface area contributed by atoms with Crippen molar-refractivity contribution in [3.63, 3.8) is 0 Å². The molecule has 10 heteroatoms. The molecular weight excluding hydrogens is 456 g/mol. The molecule has 3 aromatic rings. The molecular formula is C24H26N4O5S. The number of pyridine rings is 1. The summed E-state index contributed by atoms with van der Waals surface area (Å²) in [6.45, 7) is 3.25. The van der Waals surface area contributed by atoms with Crippen LogP contribution in [0.25, 0.3) is 0 Å². The highest BCUT2D eigenvalue weighted by molar-refractivity contribution is 7.92. The molecule has 4 rings (SSSR count). The molecule has 1 saturated heterocycles. The number of methoxy groups -OCH3 is 1. The van der Waals surface area contributed by atoms with Gasteiger partial charge >= 0.3 is 0 Å². The summed E-state index contributed by atoms with van der Waals surface area (Å²) in [4.78, 5) is 19.3. The molecule has 1 fully saturated rings. The number of anilines is 2. The van der Waals surface area contributed by atoms with Crippen LogP contribution in [0.3, 0.4) is 0 Å². The third-order valence-electron chi connectivity index (χ3n) is 5.35. The number of rotatable bonds is 8. The summed E-state index contributed by atoms with van der Waals surface area (Å²) in [6, 6.07) is 16.3. The highest BCUT2D eigenvalue weighted by Crippen LogP contribution is 2.20. The van der Waals surface area contributed by atoms with Gasteiger partial charge in [0, 0.05) is 37.1 Å². The van der Waals surface area contributed by atoms with E-state index in [2.05, 4.69) is 19.9 Å². The molecule has 34 heavy (non-hydrogen) atoms. The molecule has 0 radical (unpaired) electrons. The second-order valence-electron chi connectivity index (χ2n) is 7.67. The molecule has 0 atom stereocenters. The zero-order valence-corrected chi connectivity index (χ0v) is 19.5. The van der Waals surface area contributed by atoms with Crippen molar-refractivity contribution in [2.75, 3.05) is 43.0 Å². The van der Waals surface area contributed by atoms with E-state index in [1.807, 2.05) is 12.1 Å². The van der Waals surface area contributed by atoms with Crippen molar-refractivity contribution in [2.45, 2.75) is 11.4 Å². The van der Waals surface area contributed by atoms with E-state index in [9.17, 15) is 13.2 Å². The zero-order chi connectivity index (χ0) is 24.0. The Kier molecular flexibility index (Phi) is 7.29. The van der Waals surface area contributed by atoms with Crippen molar-refractivity contribution in [3.05, 3.63) is 78.0 Å². The molecule has 1 amide bonds. The molecule has 0 aliphatic carbocycles. The van der Waals surface area contributed by atoms with Gasteiger partial charge in [-0.2, -0.15) is 0 Å². The zero-order valence-electron chi connectivity index (χ0n) is 18.7. The summed E-state index contributed by atoms with van der Waals surface area (Å²) >= 11 is 0. The lowest BCUT2D eigenvalue weighted by atomic mass is 10.2. The summed E-state index contributed by atoms with van der Waals surface area (Å²) in [6.07, 6.45) is 1.73. The second kappa shape index (κ2) is 10.5. The number of hydrogen-bond acceptors (Lipinski definition) is 7. The molecule has 2 aromatic carbocycles. The largest absolute Gasteiger partial charge is 0.497 e. The monoisotopic (exact) mass is 482 g/mol. The Labute approximate surface area is 198 Å². The molecule has 0 unspecified atom stereocenters. The van der Waals surface area contributed by atoms with E-state index in [1.54, 1.807) is 36.5 Å². The minimum absolute atomic E-state index is 0.00695. The van der Waals surface area contributed by atoms with Crippen LogP contribution in [0, 0.1) is 0 Å². The topological polar surface area (TPSA) is 110 Å². The average Bonchev–Trinajstić information content (AvgIpc) is 2.88. The summed E-state index contributed by atoms with van der Waals surface area (Å²) in [5.41, 5.74) is 1.48. The predicted molar refractivity (Wildman–Crippen MR) is 129 cm³/mol. The number of sulfonamides is 1. The number of carbonyl (C=O) groups excluding carboxylic acids is 1. The number of ether oxygens (including phenoxy) is 2. The Morgan fingerprint density at radius 2 is 1.85 bits per heavy atom. The number of nitrogens with zero attached hydrogens (tertiary/aromatic N) is 2. The van der Waals surface area contributed by atoms with E-state index in [0.717, 1.165) is 24.5 Å². The first-order valence-corrected chi connectivity index (χ1v) is 12.3. The maximum atomic E-state index is 12.8. The van der Waals surface area contributed by atoms with Gasteiger partial charge < -0.3 is 19.7 Å². The molecule has 0 spiro atoms. The van der Waals surface area contributed by atoms with Crippen molar-refractivity contribution >= 4 is 27.4 Å². The lowest BCUT2D eigenvalue weighted by Gasteiger charge is -2.27. The number of nitrogens with one attached hydrogen (secondary N) is 2. The molecule has 9 nitrogen and oxygen atoms in total. The molecule has 1 aromatic heterocycles. The van der Waals surface area contributed by atoms with Gasteiger partial charge in [-0.1, -0.05) is 12.1 Å². The number of hydrogen-bond donors (Lipinski definition) is 2. The standard InChI is InChI=1S/C24H26N4O5S/c1-32-21-8-6-20(7-9-21)27-34(30,31)22-4-2-3-19(15-22)24(29)26-17-18-5-10-23(25-16-18)28-11-13-33-14-12-28/h2-10,15-16,27H,11-14,17H2,1H3,(H,26,29). The number of amides is 1. The number of aromatic nitrogens is 1. The van der Waals surface area contributed by atoms with Crippen LogP contribution in [0.4, 0.5) is 11.5 Å². The Balaban J connectivity index is 1.38. The summed E-state index contributed by atoms with van der Waals surface area (Å²) in [5, 5.41) is 2.81. The number of morpholine rings is 1. The van der Waals surface area contributed by atoms with Crippen molar-refractivity contribution in [2.24, 2.45) is 0 Å². The highest BCUT2D eigenvalue weighted by Gasteiger charge is 2.17. The first-order valence-electron chi connectivity index (χ1n) is 10.8. The van der Waals surface area contributed by atoms with Crippen LogP contribution in [0.1, 0.15) is 15.9 Å². The fraction of sp³-hybridized carbons (Fsp3) is 0.250. The van der Waals surface area contributed by atoms with Gasteiger partial charge in [0.25, 0.3) is 15.9 Å². The van der Waals surface area contributed by atoms with Crippen LogP contribution in [-0.2, 0) is 21.3 Å². The van der Waals surface area contributed by atoms with Gasteiger partial charge in [0.05, 0.1) is 25.2 Å². The van der Waals surface area contributed by atoms with Crippen LogP contribution in [0.2, 0.25) is 0 Å². The number of benzene rings is 2. The van der Waals surface area contributed by atoms with E-state index in [-0.39, 0.29) is 22.9 Å². The molecule has 2 N–H and O–H groups in total. The van der Waals surface area contributed by atoms with E-state index in [4.69, 9.17) is 9.47 Å². The molecule has 178 valence electrons. The van der Waals surface area contributed by atoms with E-state index in [0.29, 0.717) is 24.7 Å². The van der Waals surface area contributed by atoms with E-state index in [1.165, 1.54) is 25.3 Å². The van der Waals surface area contributed by atoms with Gasteiger partial charge in [0.15, 0.2) is 0 Å². The lowest BCUT2D eigenvalue weighted by molar-refractivity contribution is 0.0950. The van der Waals surface area contributed by atoms with Gasteiger partial charge in [-0.15, -0.1) is 0 Å². The molecule has 1 aliphatic heterocycles. The minimum Gasteiger partial charge on any atom is -0.497 e. The van der Waals surface area contributed by atoms with Crippen molar-refractivity contribution in [1.82, 2.24) is 10.3 Å². The van der Waals surface area contributed by atoms with Crippen LogP contribution < -0.4 is 19.7 Å². The second-order valence-corrected chi connectivity index (χ2v) is 9.35. The molecule has 1 aliphatic rings. The van der Waals surface area contributed by atoms with Gasteiger partial charge in [0.2, 0.25) is 0 Å². The molecule has 0 bridgehead atoms. The SMILES string of the molecule is COc1ccc(NS(=O)(=O)c2cccc(C(=O)NCc3ccc(N4CCOCC4)nc3)c2)cc1. The van der Waals surface area contributed by atoms with Gasteiger partial charge in [-0.3, -0.25) is 9.52 Å². The Hall–Kier alpha value is -3.63. The van der Waals surface area contributed by atoms with E-state index >= 15 is 0 Å². The highest BCUT2D eigenvalue weighted by atomic mass is 32.2. The summed E-state index contributed by atoms with van der Waals surface area (Å²) in [7, 11) is -2.33. The fourth-order valence-electron chi connectivity index (χ4n) is 3.46. The molecule has 0 saturated carbocycles. The smallest absolute Gasteiger partial charge is 0.261 e. The lowest BCUT2D eigenvalue weighted by Crippen LogP contribution is -2.36. The fourth-order valence-corrected chi connectivity index (χ4v) is 4.57. The minimum atomic E-state index is -3.87. The van der Waals surface area contributed by atoms with Gasteiger partial charge in [0.1, 0.15) is 11.6 Å². The Bertz CT molecular complexity index is 1220. The van der Waals surface area contributed by atoms with Gasteiger partial charge in [-0.25, -0.2) is 13.4 Å². The van der Waals surface area contributed by atoms with Crippen LogP contribution in [-0.4, -0.2) is 52.7 Å². The maximum absolute atomic E-state index is 12.8. The van der Waals surface area contributed by atoms with Crippen molar-refractivity contribution in [3.8, 4) is 5.75 Å². The maximum Gasteiger partial charge on any atom is 0.261 e. The third kappa shape index (κ3) is 5.83. The van der Waals surface area contributed by atoms with E-state index < -0.39 is 10.0 Å². The predicted octanol–water partition coefficient (Wildman–Crippen LogP) is 2.66. The molecule has 2 heterocycles. The average molecular weight is 483 g/mol. The number of carbonyl (C=O) groups is 1. The van der Waals surface area contributed by atoms with Crippen molar-refractivity contribution in [1.29, 1.82) is 0 Å². The first kappa shape index (κ1) is 23.5. The van der Waals surface area contributed by atoms with Crippen molar-refractivity contribution < 1.29 is 22.7 Å². The first-order chi connectivity index (χ1) is 16.4. The van der Waals surface area contributed by atoms with Crippen LogP contribution in [0.15, 0.2) is 71.8 Å². The normalized spacial score (nSPS) is 13.9. The third-order valence-corrected chi connectivity index (χ3v) is 6.72. The summed E-state index contributed by atoms with van der Waals surface area (Å²) < 4.78 is 38.5. The Morgan fingerprint density at radius 3 is 2.53 bits per heavy atom.